The van der Waals surface area contributed by atoms with Crippen molar-refractivity contribution >= 4 is 65.4 Å². The van der Waals surface area contributed by atoms with Gasteiger partial charge in [-0.1, -0.05) is 388 Å². The molecule has 144 heavy (non-hydrogen) atoms. The molecule has 0 spiro atoms. The molecule has 0 radical (unpaired) electrons. The Morgan fingerprint density at radius 1 is 0.146 bits per heavy atom. The Bertz CT molecular complexity index is 4710. The van der Waals surface area contributed by atoms with Crippen LogP contribution in [0.2, 0.25) is 0 Å². The molecule has 7 rings (SSSR count). The lowest BCUT2D eigenvalue weighted by atomic mass is 10.1. The van der Waals surface area contributed by atoms with Crippen molar-refractivity contribution in [3.63, 3.8) is 0 Å². The predicted molar refractivity (Wildman–Crippen MR) is 598 cm³/mol. The van der Waals surface area contributed by atoms with Crippen molar-refractivity contribution in [2.45, 2.75) is 427 Å². The van der Waals surface area contributed by atoms with E-state index in [1.54, 1.807) is 36.4 Å². The van der Waals surface area contributed by atoms with E-state index in [4.69, 9.17) is 56.8 Å². The van der Waals surface area contributed by atoms with Crippen molar-refractivity contribution < 1.29 is 56.8 Å². The Hall–Kier alpha value is -10.3. The largest absolute Gasteiger partial charge is 0.494 e. The Morgan fingerprint density at radius 2 is 0.257 bits per heavy atom. The first-order valence-electron chi connectivity index (χ1n) is 56.5. The molecule has 1 aromatic heterocycles. The third-order valence-electron chi connectivity index (χ3n) is 27.3. The van der Waals surface area contributed by atoms with Crippen molar-refractivity contribution in [3.8, 4) is 69.0 Å². The molecule has 24 nitrogen and oxygen atoms in total. The van der Waals surface area contributed by atoms with E-state index < -0.39 is 33.4 Å². The number of benzene rings is 6. The quantitative estimate of drug-likeness (QED) is 0.0193. The van der Waals surface area contributed by atoms with E-state index in [1.807, 2.05) is 0 Å². The summed E-state index contributed by atoms with van der Waals surface area (Å²) < 4.78 is 76.8. The minimum Gasteiger partial charge on any atom is -0.494 e. The predicted octanol–water partition coefficient (Wildman–Crippen LogP) is 31.6. The van der Waals surface area contributed by atoms with E-state index in [2.05, 4.69) is 71.4 Å². The molecule has 0 saturated carbocycles. The van der Waals surface area contributed by atoms with Gasteiger partial charge in [0.25, 0.3) is 33.4 Å². The smallest absolute Gasteiger partial charge is 0.259 e. The lowest BCUT2D eigenvalue weighted by Crippen LogP contribution is -2.12. The maximum absolute atomic E-state index is 15.9. The molecule has 0 atom stereocenters. The monoisotopic (exact) mass is 2000 g/mol. The normalized spacial score (nSPS) is 11.2. The number of nitrogens with one attached hydrogen (secondary N) is 6. The highest BCUT2D eigenvalue weighted by Gasteiger charge is 2.20. The van der Waals surface area contributed by atoms with Crippen molar-refractivity contribution in [2.24, 2.45) is 0 Å². The van der Waals surface area contributed by atoms with Gasteiger partial charge < -0.3 is 86.7 Å². The van der Waals surface area contributed by atoms with Crippen molar-refractivity contribution in [2.75, 3.05) is 82.3 Å². The van der Waals surface area contributed by atoms with Gasteiger partial charge in [-0.05, 0) is 74.9 Å². The van der Waals surface area contributed by atoms with Crippen LogP contribution in [0.3, 0.4) is 0 Å². The van der Waals surface area contributed by atoms with E-state index in [0.29, 0.717) is 38.5 Å². The van der Waals surface area contributed by atoms with Gasteiger partial charge in [-0.15, -0.1) is 0 Å². The number of methoxy groups -OCH3 is 6. The molecule has 0 amide bonds. The maximum atomic E-state index is 15.9. The minimum atomic E-state index is -0.718. The van der Waals surface area contributed by atoms with Crippen LogP contribution in [0, 0.1) is 0 Å². The SMILES string of the molecule is CCCCCCCCCCCCOc1cc(OCCCCCCCCCCCC)c2cc1c(=O)[nH]c1cc([nH]c(=O)c3cc(c(OCCCCCCCCCCCC)cc3OCCCCCCCCCCCC)c(=O)[nH]c3cc([nH]c(=O)c4cc(c(OCCCCCCCCCCCC)cc4OCCCCCCCCCCCC)c(=O)[nH]c4cc([nH]c2=O)c(OC)cc4OC)c(OC)cc3OC)c(OC)cc1OC. The number of hydrogen-bond acceptors (Lipinski definition) is 18. The Balaban J connectivity index is 1.65. The van der Waals surface area contributed by atoms with Gasteiger partial charge in [0.15, 0.2) is 0 Å². The number of hydrogen-bond donors (Lipinski definition) is 6. The second-order valence-corrected chi connectivity index (χ2v) is 39.2. The maximum Gasteiger partial charge on any atom is 0.259 e. The molecule has 0 saturated heterocycles. The van der Waals surface area contributed by atoms with E-state index in [9.17, 15) is 0 Å². The molecule has 7 aromatic rings. The molecule has 0 aliphatic heterocycles. The van der Waals surface area contributed by atoms with Crippen LogP contribution >= 0.6 is 0 Å². The van der Waals surface area contributed by atoms with Crippen LogP contribution in [0.25, 0.3) is 65.4 Å². The lowest BCUT2D eigenvalue weighted by molar-refractivity contribution is 0.293. The summed E-state index contributed by atoms with van der Waals surface area (Å²) in [6.07, 6.45) is 65.5. The highest BCUT2D eigenvalue weighted by atomic mass is 16.5. The molecule has 1 heterocycles. The molecule has 0 aliphatic carbocycles. The van der Waals surface area contributed by atoms with Gasteiger partial charge in [0.05, 0.1) is 148 Å². The first-order chi connectivity index (χ1) is 70.5. The van der Waals surface area contributed by atoms with Crippen LogP contribution in [0.15, 0.2) is 102 Å². The van der Waals surface area contributed by atoms with Crippen LogP contribution in [0.5, 0.6) is 69.0 Å². The molecule has 804 valence electrons. The minimum absolute atomic E-state index is 0.0419. The zero-order chi connectivity index (χ0) is 103. The van der Waals surface area contributed by atoms with Crippen molar-refractivity contribution in [1.29, 1.82) is 0 Å². The highest BCUT2D eigenvalue weighted by Crippen LogP contribution is 2.37. The molecular weight excluding hydrogens is 1810 g/mol. The number of H-pyrrole nitrogens is 6. The standard InChI is InChI=1S/C120H186N6O18/c1-13-19-25-31-37-43-49-55-61-67-73-139-103-85-104(140-74-68-62-56-50-44-38-32-26-20-14-2)92-79-91(103)115(127)121-97-82-98(110(134-8)88-109(97)133-7)123-117(129)93-80-94(106(142-76-70-64-58-52-46-40-34-28-22-16-4)86-105(93)141-75-69-63-57-51-45-39-33-27-21-15-3)119(131)125-101-84-102(114(138-12)90-113(101)137-11)126-120(132)96-81-95(118(130)124-100-83-99(122-116(92)128)111(135-9)89-112(100)136-10)107(143-77-71-65-59-53-47-41-35-29-23-17-5)87-108(96)144-78-72-66-60-54-48-42-36-30-24-18-6/h79-90H,13-78H2,1-12H3,(H,121,127)(H,122,128)(H,123,129)(H,124,130)(H,125,131)(H,126,132). The molecule has 6 aromatic carbocycles. The molecular formula is C120H186N6O18. The van der Waals surface area contributed by atoms with Crippen LogP contribution < -0.4 is 90.2 Å². The van der Waals surface area contributed by atoms with Crippen LogP contribution in [0.4, 0.5) is 0 Å². The third-order valence-corrected chi connectivity index (χ3v) is 27.3. The number of ether oxygens (including phenoxy) is 12. The molecule has 0 unspecified atom stereocenters. The van der Waals surface area contributed by atoms with Crippen LogP contribution in [-0.2, 0) is 0 Å². The zero-order valence-corrected chi connectivity index (χ0v) is 90.9. The number of fused-ring (bicyclic) bond motifs is 12. The summed E-state index contributed by atoms with van der Waals surface area (Å²) in [5.41, 5.74) is -3.76. The number of rotatable bonds is 78. The van der Waals surface area contributed by atoms with Gasteiger partial charge in [-0.2, -0.15) is 0 Å². The second-order valence-electron chi connectivity index (χ2n) is 39.2. The van der Waals surface area contributed by atoms with Gasteiger partial charge in [-0.3, -0.25) is 28.8 Å². The average molecular weight is 2000 g/mol. The molecule has 0 aliphatic rings. The summed E-state index contributed by atoms with van der Waals surface area (Å²) in [5, 5.41) is -0.252. The summed E-state index contributed by atoms with van der Waals surface area (Å²) >= 11 is 0. The summed E-state index contributed by atoms with van der Waals surface area (Å²) in [6.45, 7) is 14.8. The Kier molecular flexibility index (Phi) is 62.5. The van der Waals surface area contributed by atoms with Crippen LogP contribution in [0.1, 0.15) is 427 Å². The van der Waals surface area contributed by atoms with Gasteiger partial charge in [-0.25, -0.2) is 0 Å². The average Bonchev–Trinajstić information content (AvgIpc) is 0.796. The third kappa shape index (κ3) is 45.0. The second kappa shape index (κ2) is 74.6. The van der Waals surface area contributed by atoms with Gasteiger partial charge >= 0.3 is 0 Å². The molecule has 6 N–H and O–H groups in total. The first kappa shape index (κ1) is 121. The van der Waals surface area contributed by atoms with E-state index >= 15 is 28.8 Å². The fourth-order valence-corrected chi connectivity index (χ4v) is 18.5. The van der Waals surface area contributed by atoms with Gasteiger partial charge in [0.2, 0.25) is 0 Å². The fraction of sp³-hybridized carbons (Fsp3) is 0.650. The van der Waals surface area contributed by atoms with Crippen molar-refractivity contribution in [3.05, 3.63) is 135 Å². The summed E-state index contributed by atoms with van der Waals surface area (Å²) in [4.78, 5) is 114. The highest BCUT2D eigenvalue weighted by molar-refractivity contribution is 5.84. The van der Waals surface area contributed by atoms with Gasteiger partial charge in [0.1, 0.15) is 69.0 Å². The van der Waals surface area contributed by atoms with E-state index in [0.717, 1.165) is 154 Å². The summed E-state index contributed by atoms with van der Waals surface area (Å²) in [6, 6.07) is 18.4. The van der Waals surface area contributed by atoms with Crippen molar-refractivity contribution in [1.82, 2.24) is 29.9 Å². The Labute approximate surface area is 860 Å². The molecule has 24 heteroatoms. The summed E-state index contributed by atoms with van der Waals surface area (Å²) in [7, 11) is 8.69. The first-order valence-corrected chi connectivity index (χ1v) is 56.5. The number of aromatic nitrogens is 6. The lowest BCUT2D eigenvalue weighted by Gasteiger charge is -2.13. The van der Waals surface area contributed by atoms with E-state index in [-0.39, 0.29) is 174 Å². The molecule has 12 bridgehead atoms. The molecule has 0 fully saturated rings. The topological polar surface area (TPSA) is 308 Å². The van der Waals surface area contributed by atoms with Crippen LogP contribution in [-0.4, -0.2) is 112 Å². The van der Waals surface area contributed by atoms with Gasteiger partial charge in [0, 0.05) is 36.4 Å². The number of aromatic amines is 6. The van der Waals surface area contributed by atoms with E-state index in [1.165, 1.54) is 272 Å². The number of unbranched alkanes of at least 4 members (excludes halogenated alkanes) is 54. The fourth-order valence-electron chi connectivity index (χ4n) is 18.5. The zero-order valence-electron chi connectivity index (χ0n) is 90.9. The summed E-state index contributed by atoms with van der Waals surface area (Å²) in [5.74, 6) is 1.75. The Morgan fingerprint density at radius 3 is 0.375 bits per heavy atom.